The van der Waals surface area contributed by atoms with Crippen LogP contribution in [0, 0.1) is 60.4 Å². The predicted molar refractivity (Wildman–Crippen MR) is 293 cm³/mol. The van der Waals surface area contributed by atoms with Crippen LogP contribution in [0.25, 0.3) is 66.8 Å². The summed E-state index contributed by atoms with van der Waals surface area (Å²) in [6.45, 7) is 2.85. The van der Waals surface area contributed by atoms with Crippen LogP contribution in [-0.2, 0) is 31.1 Å². The summed E-state index contributed by atoms with van der Waals surface area (Å²) in [4.78, 5) is 0. The third-order valence-electron chi connectivity index (χ3n) is 16.7. The molecule has 6 nitrogen and oxygen atoms in total. The fourth-order valence-electron chi connectivity index (χ4n) is 13.1. The Morgan fingerprint density at radius 2 is 0.688 bits per heavy atom. The molecule has 2 N–H and O–H groups in total. The quantitative estimate of drug-likeness (QED) is 0.0407. The molecule has 0 fully saturated rings. The molecule has 0 heterocycles. The van der Waals surface area contributed by atoms with Crippen molar-refractivity contribution >= 4 is 20.2 Å². The van der Waals surface area contributed by atoms with Crippen molar-refractivity contribution in [3.63, 3.8) is 0 Å². The lowest BCUT2D eigenvalue weighted by atomic mass is 9.70. The fourth-order valence-corrected chi connectivity index (χ4v) is 14.3. The lowest BCUT2D eigenvalue weighted by Crippen LogP contribution is -2.26. The molecule has 3 aliphatic rings. The van der Waals surface area contributed by atoms with Gasteiger partial charge in [-0.15, -0.1) is 0 Å². The zero-order valence-corrected chi connectivity index (χ0v) is 45.0. The highest BCUT2D eigenvalue weighted by atomic mass is 32.2. The van der Waals surface area contributed by atoms with Gasteiger partial charge in [0.25, 0.3) is 20.2 Å². The predicted octanol–water partition coefficient (Wildman–Crippen LogP) is 16.7. The highest BCUT2D eigenvalue weighted by molar-refractivity contribution is 7.86. The molecule has 11 rings (SSSR count). The molecule has 0 aliphatic heterocycles. The lowest BCUT2D eigenvalue weighted by molar-refractivity contribution is 0.400. The minimum atomic E-state index is -4.17. The van der Waals surface area contributed by atoms with Crippen LogP contribution < -0.4 is 0 Å². The zero-order chi connectivity index (χ0) is 56.8. The van der Waals surface area contributed by atoms with Crippen LogP contribution in [0.2, 0.25) is 0 Å². The van der Waals surface area contributed by atoms with Gasteiger partial charge in [0.05, 0.1) is 33.6 Å². The van der Waals surface area contributed by atoms with E-state index >= 15 is 35.1 Å². The SMILES string of the molecule is Cc1ccc2c(c1)C(CCCCCCS(=O)(=O)O)(CCCCCCS(=O)(=O)O)c1cc(-c3c(F)c(F)c(-c4ccc5c(c4)C4(c6ccccc6-c6ccc(-c7c(F)c(F)c(C)c(F)c7F)cc64)c4ccccc4-5)c(F)c3F)ccc1-2. The molecule has 1 atom stereocenters. The molecule has 1 unspecified atom stereocenters. The maximum Gasteiger partial charge on any atom is 0.264 e. The van der Waals surface area contributed by atoms with E-state index < -0.39 is 111 Å². The molecule has 0 aromatic heterocycles. The summed E-state index contributed by atoms with van der Waals surface area (Å²) in [6.07, 6.45) is 4.57. The third-order valence-corrected chi connectivity index (χ3v) is 18.3. The van der Waals surface area contributed by atoms with E-state index in [1.54, 1.807) is 48.5 Å². The molecule has 1 spiro atoms. The molecule has 3 aliphatic carbocycles. The van der Waals surface area contributed by atoms with Gasteiger partial charge < -0.3 is 0 Å². The minimum absolute atomic E-state index is 0.141. The Kier molecular flexibility index (Phi) is 14.1. The smallest absolute Gasteiger partial charge is 0.264 e. The Morgan fingerprint density at radius 1 is 0.362 bits per heavy atom. The molecule has 8 aromatic carbocycles. The van der Waals surface area contributed by atoms with Gasteiger partial charge in [-0.05, 0) is 141 Å². The van der Waals surface area contributed by atoms with Crippen molar-refractivity contribution in [1.29, 1.82) is 0 Å². The van der Waals surface area contributed by atoms with E-state index in [4.69, 9.17) is 0 Å². The van der Waals surface area contributed by atoms with Crippen molar-refractivity contribution in [3.8, 4) is 66.8 Å². The van der Waals surface area contributed by atoms with Gasteiger partial charge in [-0.1, -0.05) is 147 Å². The van der Waals surface area contributed by atoms with Gasteiger partial charge in [-0.2, -0.15) is 16.8 Å². The van der Waals surface area contributed by atoms with Crippen molar-refractivity contribution < 1.29 is 61.1 Å². The monoisotopic (exact) mass is 1130 g/mol. The van der Waals surface area contributed by atoms with Gasteiger partial charge in [0.1, 0.15) is 0 Å². The topological polar surface area (TPSA) is 109 Å². The van der Waals surface area contributed by atoms with E-state index in [0.717, 1.165) is 29.2 Å². The van der Waals surface area contributed by atoms with Crippen molar-refractivity contribution in [2.24, 2.45) is 0 Å². The van der Waals surface area contributed by atoms with Gasteiger partial charge >= 0.3 is 0 Å². The standard InChI is InChI=1S/C64H52F8O6S2/c1-35-19-23-42-43-24-20-37(32-49(43)63(48(42)31-35,27-11-3-5-13-29-79(73,74)75)28-12-4-6-14-30-80(76,77)78)53-59(69)61(71)54(62(72)60(53)70)39-22-26-45-41-16-8-10-18-47(41)64(51(45)34-39)46-17-9-7-15-40(46)44-25-21-38(33-50(44)64)52-57(67)55(65)36(2)56(66)58(52)68/h7-10,15-26,31-34H,3-6,11-14,27-30H2,1-2H3,(H,73,74,75)(H,76,77,78). The molecule has 0 bridgehead atoms. The second-order valence-electron chi connectivity index (χ2n) is 21.4. The third kappa shape index (κ3) is 8.97. The highest BCUT2D eigenvalue weighted by Crippen LogP contribution is 2.64. The summed E-state index contributed by atoms with van der Waals surface area (Å²) < 4.78 is 196. The van der Waals surface area contributed by atoms with Crippen LogP contribution in [0.1, 0.15) is 109 Å². The van der Waals surface area contributed by atoms with Crippen LogP contribution in [0.5, 0.6) is 0 Å². The van der Waals surface area contributed by atoms with E-state index in [0.29, 0.717) is 101 Å². The molecular formula is C64H52F8O6S2. The van der Waals surface area contributed by atoms with Gasteiger partial charge in [-0.25, -0.2) is 35.1 Å². The Hall–Kier alpha value is -6.98. The summed E-state index contributed by atoms with van der Waals surface area (Å²) in [5.41, 5.74) is 2.31. The van der Waals surface area contributed by atoms with Crippen LogP contribution in [0.3, 0.4) is 0 Å². The maximum atomic E-state index is 17.3. The Balaban J connectivity index is 1.03. The molecule has 0 amide bonds. The van der Waals surface area contributed by atoms with Gasteiger partial charge in [0.15, 0.2) is 46.5 Å². The molecule has 80 heavy (non-hydrogen) atoms. The number of unbranched alkanes of at least 4 members (excludes halogenated alkanes) is 6. The van der Waals surface area contributed by atoms with Crippen LogP contribution in [0.15, 0.2) is 121 Å². The first-order valence-electron chi connectivity index (χ1n) is 26.4. The Bertz CT molecular complexity index is 4010. The highest BCUT2D eigenvalue weighted by Gasteiger charge is 2.52. The van der Waals surface area contributed by atoms with E-state index in [1.165, 1.54) is 30.3 Å². The number of aryl methyl sites for hydroxylation is 1. The summed E-state index contributed by atoms with van der Waals surface area (Å²) in [6, 6.07) is 33.9. The second kappa shape index (κ2) is 20.5. The summed E-state index contributed by atoms with van der Waals surface area (Å²) in [5, 5.41) is 0. The number of halogens is 8. The first-order chi connectivity index (χ1) is 38.1. The Labute approximate surface area is 458 Å². The van der Waals surface area contributed by atoms with Crippen LogP contribution in [0.4, 0.5) is 35.1 Å². The minimum Gasteiger partial charge on any atom is -0.286 e. The summed E-state index contributed by atoms with van der Waals surface area (Å²) in [7, 11) is -8.35. The first kappa shape index (κ1) is 55.0. The molecule has 0 saturated carbocycles. The van der Waals surface area contributed by atoms with E-state index in [9.17, 15) is 25.9 Å². The average Bonchev–Trinajstić information content (AvgIpc) is 4.18. The van der Waals surface area contributed by atoms with Crippen molar-refractivity contribution in [1.82, 2.24) is 0 Å². The lowest BCUT2D eigenvalue weighted by Gasteiger charge is -2.33. The largest absolute Gasteiger partial charge is 0.286 e. The molecule has 16 heteroatoms. The first-order valence-corrected chi connectivity index (χ1v) is 29.7. The zero-order valence-electron chi connectivity index (χ0n) is 43.4. The molecule has 8 aromatic rings. The van der Waals surface area contributed by atoms with Crippen LogP contribution in [-0.4, -0.2) is 37.4 Å². The molecule has 0 saturated heterocycles. The molecule has 0 radical (unpaired) electrons. The van der Waals surface area contributed by atoms with Crippen molar-refractivity contribution in [2.45, 2.75) is 88.9 Å². The van der Waals surface area contributed by atoms with E-state index in [2.05, 4.69) is 0 Å². The van der Waals surface area contributed by atoms with Crippen molar-refractivity contribution in [3.05, 3.63) is 212 Å². The number of rotatable bonds is 17. The number of fused-ring (bicyclic) bond motifs is 13. The maximum absolute atomic E-state index is 17.3. The summed E-state index contributed by atoms with van der Waals surface area (Å²) in [5.74, 6) is -13.8. The Morgan fingerprint density at radius 3 is 1.10 bits per heavy atom. The van der Waals surface area contributed by atoms with Gasteiger partial charge in [-0.3, -0.25) is 9.11 Å². The fraction of sp³-hybridized carbons (Fsp3) is 0.250. The van der Waals surface area contributed by atoms with Gasteiger partial charge in [0, 0.05) is 11.0 Å². The normalized spacial score (nSPS) is 15.4. The van der Waals surface area contributed by atoms with Crippen molar-refractivity contribution in [2.75, 3.05) is 11.5 Å². The number of hydrogen-bond acceptors (Lipinski definition) is 4. The number of hydrogen-bond donors (Lipinski definition) is 2. The summed E-state index contributed by atoms with van der Waals surface area (Å²) >= 11 is 0. The van der Waals surface area contributed by atoms with E-state index in [1.807, 2.05) is 49.4 Å². The van der Waals surface area contributed by atoms with Gasteiger partial charge in [0.2, 0.25) is 0 Å². The molecule has 412 valence electrons. The average molecular weight is 1130 g/mol. The molecular weight excluding hydrogens is 1080 g/mol. The second-order valence-corrected chi connectivity index (χ2v) is 24.6. The number of benzene rings is 8. The van der Waals surface area contributed by atoms with E-state index in [-0.39, 0.29) is 29.5 Å². The van der Waals surface area contributed by atoms with Crippen LogP contribution >= 0.6 is 0 Å².